The molecule has 2 aromatic rings. The average molecular weight is 243 g/mol. The van der Waals surface area contributed by atoms with Crippen molar-refractivity contribution < 1.29 is 4.79 Å². The van der Waals surface area contributed by atoms with Crippen LogP contribution in [0, 0.1) is 0 Å². The zero-order valence-corrected chi connectivity index (χ0v) is 10.8. The lowest BCUT2D eigenvalue weighted by molar-refractivity contribution is 0.0981. The molecule has 2 aromatic heterocycles. The van der Waals surface area contributed by atoms with Crippen LogP contribution in [0.25, 0.3) is 0 Å². The molecule has 0 atom stereocenters. The van der Waals surface area contributed by atoms with E-state index in [1.807, 2.05) is 26.1 Å². The number of Topliss-reactive ketones (excluding diaryl/α,β-unsaturated/α-hetero) is 1. The molecule has 0 aliphatic carbocycles. The first kappa shape index (κ1) is 12.5. The summed E-state index contributed by atoms with van der Waals surface area (Å²) in [5, 5.41) is 4.10. The fourth-order valence-electron chi connectivity index (χ4n) is 2.00. The first-order valence-corrected chi connectivity index (χ1v) is 6.15. The first-order valence-electron chi connectivity index (χ1n) is 6.15. The highest BCUT2D eigenvalue weighted by atomic mass is 16.1. The normalized spacial score (nSPS) is 10.6. The topological polar surface area (TPSA) is 47.8 Å². The van der Waals surface area contributed by atoms with Crippen molar-refractivity contribution in [3.8, 4) is 0 Å². The van der Waals surface area contributed by atoms with Gasteiger partial charge in [0.2, 0.25) is 0 Å². The number of hydrogen-bond donors (Lipinski definition) is 0. The molecule has 0 saturated carbocycles. The Morgan fingerprint density at radius 1 is 1.33 bits per heavy atom. The average Bonchev–Trinajstić information content (AvgIpc) is 2.81. The van der Waals surface area contributed by atoms with E-state index in [0.717, 1.165) is 29.7 Å². The molecule has 0 unspecified atom stereocenters. The third-order valence-electron chi connectivity index (χ3n) is 3.12. The number of hydrogen-bond acceptors (Lipinski definition) is 3. The van der Waals surface area contributed by atoms with E-state index >= 15 is 0 Å². The van der Waals surface area contributed by atoms with E-state index in [9.17, 15) is 4.79 Å². The van der Waals surface area contributed by atoms with Crippen molar-refractivity contribution in [2.75, 3.05) is 0 Å². The fraction of sp³-hybridized carbons (Fsp3) is 0.357. The van der Waals surface area contributed by atoms with Crippen molar-refractivity contribution in [1.29, 1.82) is 0 Å². The molecule has 0 aromatic carbocycles. The van der Waals surface area contributed by atoms with E-state index in [4.69, 9.17) is 0 Å². The molecule has 4 nitrogen and oxygen atoms in total. The lowest BCUT2D eigenvalue weighted by Gasteiger charge is -2.06. The first-order chi connectivity index (χ1) is 8.72. The molecule has 0 fully saturated rings. The van der Waals surface area contributed by atoms with E-state index in [-0.39, 0.29) is 5.78 Å². The van der Waals surface area contributed by atoms with Crippen LogP contribution in [-0.4, -0.2) is 20.5 Å². The van der Waals surface area contributed by atoms with Gasteiger partial charge >= 0.3 is 0 Å². The standard InChI is InChI=1S/C14H17N3O/c1-3-11-10-15-8-7-13(11)14(18)5-4-12-6-9-16-17(12)2/h6-10H,3-5H2,1-2H3. The number of rotatable bonds is 5. The summed E-state index contributed by atoms with van der Waals surface area (Å²) in [5.74, 6) is 0.176. The van der Waals surface area contributed by atoms with Crippen LogP contribution in [0.2, 0.25) is 0 Å². The Hall–Kier alpha value is -1.97. The Labute approximate surface area is 107 Å². The van der Waals surface area contributed by atoms with E-state index < -0.39 is 0 Å². The highest BCUT2D eigenvalue weighted by Crippen LogP contribution is 2.12. The van der Waals surface area contributed by atoms with Crippen molar-refractivity contribution in [3.63, 3.8) is 0 Å². The summed E-state index contributed by atoms with van der Waals surface area (Å²) in [6, 6.07) is 3.75. The van der Waals surface area contributed by atoms with Crippen molar-refractivity contribution in [2.45, 2.75) is 26.2 Å². The molecular formula is C14H17N3O. The quantitative estimate of drug-likeness (QED) is 0.756. The second kappa shape index (κ2) is 5.58. The van der Waals surface area contributed by atoms with Gasteiger partial charge in [-0.1, -0.05) is 6.92 Å². The molecule has 4 heteroatoms. The third-order valence-corrected chi connectivity index (χ3v) is 3.12. The van der Waals surface area contributed by atoms with Crippen LogP contribution in [0.15, 0.2) is 30.7 Å². The van der Waals surface area contributed by atoms with Gasteiger partial charge in [-0.25, -0.2) is 0 Å². The zero-order chi connectivity index (χ0) is 13.0. The second-order valence-corrected chi connectivity index (χ2v) is 4.26. The van der Waals surface area contributed by atoms with Crippen molar-refractivity contribution in [2.24, 2.45) is 7.05 Å². The van der Waals surface area contributed by atoms with Crippen LogP contribution in [-0.2, 0) is 19.9 Å². The molecule has 0 aliphatic rings. The smallest absolute Gasteiger partial charge is 0.163 e. The predicted octanol–water partition coefficient (Wildman–Crippen LogP) is 2.19. The lowest BCUT2D eigenvalue weighted by atomic mass is 10.0. The molecule has 18 heavy (non-hydrogen) atoms. The Morgan fingerprint density at radius 2 is 2.17 bits per heavy atom. The van der Waals surface area contributed by atoms with Gasteiger partial charge in [-0.05, 0) is 30.5 Å². The second-order valence-electron chi connectivity index (χ2n) is 4.26. The van der Waals surface area contributed by atoms with Crippen LogP contribution >= 0.6 is 0 Å². The largest absolute Gasteiger partial charge is 0.294 e. The van der Waals surface area contributed by atoms with E-state index in [0.29, 0.717) is 6.42 Å². The molecule has 2 heterocycles. The van der Waals surface area contributed by atoms with Gasteiger partial charge < -0.3 is 0 Å². The monoisotopic (exact) mass is 243 g/mol. The maximum Gasteiger partial charge on any atom is 0.163 e. The van der Waals surface area contributed by atoms with Gasteiger partial charge in [0.1, 0.15) is 0 Å². The molecule has 0 radical (unpaired) electrons. The van der Waals surface area contributed by atoms with E-state index in [2.05, 4.69) is 10.1 Å². The molecular weight excluding hydrogens is 226 g/mol. The summed E-state index contributed by atoms with van der Waals surface area (Å²) in [7, 11) is 1.89. The van der Waals surface area contributed by atoms with Gasteiger partial charge in [0.05, 0.1) is 0 Å². The summed E-state index contributed by atoms with van der Waals surface area (Å²) in [4.78, 5) is 16.2. The number of pyridine rings is 1. The Kier molecular flexibility index (Phi) is 3.87. The van der Waals surface area contributed by atoms with E-state index in [1.54, 1.807) is 23.3 Å². The van der Waals surface area contributed by atoms with Crippen LogP contribution < -0.4 is 0 Å². The predicted molar refractivity (Wildman–Crippen MR) is 69.5 cm³/mol. The number of aryl methyl sites for hydroxylation is 3. The highest BCUT2D eigenvalue weighted by Gasteiger charge is 2.11. The lowest BCUT2D eigenvalue weighted by Crippen LogP contribution is -2.07. The van der Waals surface area contributed by atoms with Gasteiger partial charge in [0, 0.05) is 43.3 Å². The number of aromatic nitrogens is 3. The molecule has 0 bridgehead atoms. The summed E-state index contributed by atoms with van der Waals surface area (Å²) in [6.45, 7) is 2.04. The fourth-order valence-corrected chi connectivity index (χ4v) is 2.00. The molecule has 0 spiro atoms. The SMILES string of the molecule is CCc1cnccc1C(=O)CCc1ccnn1C. The van der Waals surface area contributed by atoms with Gasteiger partial charge in [-0.15, -0.1) is 0 Å². The van der Waals surface area contributed by atoms with Gasteiger partial charge in [0.25, 0.3) is 0 Å². The Morgan fingerprint density at radius 3 is 2.83 bits per heavy atom. The minimum absolute atomic E-state index is 0.176. The number of nitrogens with zero attached hydrogens (tertiary/aromatic N) is 3. The summed E-state index contributed by atoms with van der Waals surface area (Å²) in [6.07, 6.45) is 7.27. The highest BCUT2D eigenvalue weighted by molar-refractivity contribution is 5.97. The summed E-state index contributed by atoms with van der Waals surface area (Å²) < 4.78 is 1.81. The van der Waals surface area contributed by atoms with Crippen LogP contribution in [0.3, 0.4) is 0 Å². The number of carbonyl (C=O) groups excluding carboxylic acids is 1. The third kappa shape index (κ3) is 2.64. The van der Waals surface area contributed by atoms with Gasteiger partial charge in [-0.2, -0.15) is 5.10 Å². The molecule has 94 valence electrons. The van der Waals surface area contributed by atoms with Crippen LogP contribution in [0.5, 0.6) is 0 Å². The molecule has 0 amide bonds. The van der Waals surface area contributed by atoms with Crippen molar-refractivity contribution in [1.82, 2.24) is 14.8 Å². The maximum absolute atomic E-state index is 12.2. The zero-order valence-electron chi connectivity index (χ0n) is 10.8. The van der Waals surface area contributed by atoms with Crippen LogP contribution in [0.4, 0.5) is 0 Å². The van der Waals surface area contributed by atoms with Gasteiger partial charge in [0.15, 0.2) is 5.78 Å². The van der Waals surface area contributed by atoms with Crippen molar-refractivity contribution in [3.05, 3.63) is 47.5 Å². The molecule has 0 aliphatic heterocycles. The van der Waals surface area contributed by atoms with Gasteiger partial charge in [-0.3, -0.25) is 14.5 Å². The number of carbonyl (C=O) groups is 1. The molecule has 0 saturated heterocycles. The minimum Gasteiger partial charge on any atom is -0.294 e. The molecule has 0 N–H and O–H groups in total. The molecule has 2 rings (SSSR count). The summed E-state index contributed by atoms with van der Waals surface area (Å²) in [5.41, 5.74) is 2.90. The summed E-state index contributed by atoms with van der Waals surface area (Å²) >= 11 is 0. The Bertz CT molecular complexity index is 545. The van der Waals surface area contributed by atoms with Crippen LogP contribution in [0.1, 0.15) is 35.0 Å². The Balaban J connectivity index is 2.06. The number of ketones is 1. The van der Waals surface area contributed by atoms with Crippen molar-refractivity contribution >= 4 is 5.78 Å². The maximum atomic E-state index is 12.2. The van der Waals surface area contributed by atoms with E-state index in [1.165, 1.54) is 0 Å². The minimum atomic E-state index is 0.176.